The second-order valence-corrected chi connectivity index (χ2v) is 7.70. The van der Waals surface area contributed by atoms with Crippen molar-refractivity contribution in [2.24, 2.45) is 11.0 Å². The van der Waals surface area contributed by atoms with E-state index < -0.39 is 15.5 Å². The zero-order valence-corrected chi connectivity index (χ0v) is 18.0. The fourth-order valence-electron chi connectivity index (χ4n) is 3.86. The molecule has 0 aliphatic heterocycles. The summed E-state index contributed by atoms with van der Waals surface area (Å²) in [5, 5.41) is 26.9. The number of non-ortho nitro benzene ring substituents is 1. The summed E-state index contributed by atoms with van der Waals surface area (Å²) in [4.78, 5) is 21.1. The molecule has 2 aromatic carbocycles. The first-order chi connectivity index (χ1) is 15.4. The molecule has 0 unspecified atom stereocenters. The number of nitrogens with one attached hydrogen (secondary N) is 1. The average molecular weight is 442 g/mol. The molecule has 2 aromatic rings. The number of methoxy groups -OCH3 is 2. The lowest BCUT2D eigenvalue weighted by Crippen LogP contribution is -2.22. The summed E-state index contributed by atoms with van der Waals surface area (Å²) in [5.74, 6) is 1.13. The second-order valence-electron chi connectivity index (χ2n) is 7.70. The van der Waals surface area contributed by atoms with Crippen LogP contribution in [0.1, 0.15) is 37.7 Å². The number of nitro groups is 2. The summed E-state index contributed by atoms with van der Waals surface area (Å²) in [7, 11) is 3.32. The normalized spacial score (nSPS) is 18.8. The van der Waals surface area contributed by atoms with Crippen molar-refractivity contribution >= 4 is 22.8 Å². The van der Waals surface area contributed by atoms with E-state index in [2.05, 4.69) is 10.5 Å². The molecule has 1 saturated carbocycles. The van der Waals surface area contributed by atoms with Crippen molar-refractivity contribution in [2.75, 3.05) is 19.6 Å². The van der Waals surface area contributed by atoms with E-state index in [4.69, 9.17) is 9.47 Å². The molecule has 170 valence electrons. The highest BCUT2D eigenvalue weighted by atomic mass is 16.6. The lowest BCUT2D eigenvalue weighted by Gasteiger charge is -2.28. The van der Waals surface area contributed by atoms with Crippen LogP contribution in [-0.4, -0.2) is 35.9 Å². The van der Waals surface area contributed by atoms with Gasteiger partial charge in [0.05, 0.1) is 34.8 Å². The summed E-state index contributed by atoms with van der Waals surface area (Å²) in [6.45, 7) is 0. The summed E-state index contributed by atoms with van der Waals surface area (Å²) in [5.41, 5.74) is 3.73. The minimum absolute atomic E-state index is 0.0923. The van der Waals surface area contributed by atoms with Crippen LogP contribution < -0.4 is 10.2 Å². The molecule has 10 heteroatoms. The standard InChI is InChI=1S/C22H26N4O6/c1-31-18-8-3-15(4-9-18)13-21(16-5-10-19(32-2)11-6-16)24-23-20-12-7-17(25(27)28)14-22(20)26(29)30/h5-7,10-12,14-15,18,23H,3-4,8-9,13H2,1-2H3/b24-21-. The minimum Gasteiger partial charge on any atom is -0.497 e. The van der Waals surface area contributed by atoms with Crippen molar-refractivity contribution in [3.8, 4) is 5.75 Å². The monoisotopic (exact) mass is 442 g/mol. The van der Waals surface area contributed by atoms with Crippen molar-refractivity contribution < 1.29 is 19.3 Å². The fourth-order valence-corrected chi connectivity index (χ4v) is 3.86. The van der Waals surface area contributed by atoms with E-state index in [1.807, 2.05) is 24.3 Å². The van der Waals surface area contributed by atoms with E-state index in [0.29, 0.717) is 18.1 Å². The van der Waals surface area contributed by atoms with E-state index in [9.17, 15) is 20.2 Å². The van der Waals surface area contributed by atoms with Gasteiger partial charge in [-0.15, -0.1) is 0 Å². The maximum Gasteiger partial charge on any atom is 0.301 e. The molecule has 1 aliphatic carbocycles. The van der Waals surface area contributed by atoms with Crippen LogP contribution in [0, 0.1) is 26.1 Å². The summed E-state index contributed by atoms with van der Waals surface area (Å²) in [6.07, 6.45) is 4.96. The maximum absolute atomic E-state index is 11.4. The largest absolute Gasteiger partial charge is 0.497 e. The molecular formula is C22H26N4O6. The van der Waals surface area contributed by atoms with Crippen molar-refractivity contribution in [1.82, 2.24) is 0 Å². The van der Waals surface area contributed by atoms with Gasteiger partial charge in [0.15, 0.2) is 0 Å². The van der Waals surface area contributed by atoms with Crippen LogP contribution in [0.3, 0.4) is 0 Å². The number of ether oxygens (including phenoxy) is 2. The highest BCUT2D eigenvalue weighted by Gasteiger charge is 2.23. The van der Waals surface area contributed by atoms with Crippen LogP contribution in [0.5, 0.6) is 5.75 Å². The quantitative estimate of drug-likeness (QED) is 0.331. The molecule has 0 radical (unpaired) electrons. The third-order valence-electron chi connectivity index (χ3n) is 5.73. The van der Waals surface area contributed by atoms with Gasteiger partial charge in [-0.3, -0.25) is 25.7 Å². The number of hydrazone groups is 1. The highest BCUT2D eigenvalue weighted by molar-refractivity contribution is 6.01. The van der Waals surface area contributed by atoms with Gasteiger partial charge in [-0.05, 0) is 73.9 Å². The first kappa shape index (κ1) is 23.1. The zero-order valence-electron chi connectivity index (χ0n) is 18.0. The Morgan fingerprint density at radius 3 is 2.28 bits per heavy atom. The first-order valence-corrected chi connectivity index (χ1v) is 10.3. The SMILES string of the molecule is COc1ccc(/C(CC2CCC(OC)CC2)=N\Nc2ccc([N+](=O)[O-])cc2[N+](=O)[O-])cc1. The Morgan fingerprint density at radius 2 is 1.72 bits per heavy atom. The lowest BCUT2D eigenvalue weighted by molar-refractivity contribution is -0.393. The van der Waals surface area contributed by atoms with Crippen LogP contribution in [-0.2, 0) is 4.74 Å². The van der Waals surface area contributed by atoms with Crippen molar-refractivity contribution in [2.45, 2.75) is 38.2 Å². The van der Waals surface area contributed by atoms with E-state index in [-0.39, 0.29) is 17.5 Å². The van der Waals surface area contributed by atoms with Gasteiger partial charge >= 0.3 is 5.69 Å². The Balaban J connectivity index is 1.87. The summed E-state index contributed by atoms with van der Waals surface area (Å²) < 4.78 is 10.7. The number of nitro benzene ring substituents is 2. The third-order valence-corrected chi connectivity index (χ3v) is 5.73. The number of benzene rings is 2. The van der Waals surface area contributed by atoms with Gasteiger partial charge in [-0.2, -0.15) is 5.10 Å². The van der Waals surface area contributed by atoms with Crippen LogP contribution in [0.4, 0.5) is 17.1 Å². The molecule has 32 heavy (non-hydrogen) atoms. The molecule has 10 nitrogen and oxygen atoms in total. The van der Waals surface area contributed by atoms with E-state index >= 15 is 0 Å². The first-order valence-electron chi connectivity index (χ1n) is 10.3. The van der Waals surface area contributed by atoms with Gasteiger partial charge in [0.2, 0.25) is 0 Å². The van der Waals surface area contributed by atoms with E-state index in [1.165, 1.54) is 12.1 Å². The predicted octanol–water partition coefficient (Wildman–Crippen LogP) is 4.92. The van der Waals surface area contributed by atoms with Gasteiger partial charge in [-0.1, -0.05) is 0 Å². The van der Waals surface area contributed by atoms with Crippen molar-refractivity contribution in [3.63, 3.8) is 0 Å². The number of anilines is 1. The van der Waals surface area contributed by atoms with Crippen LogP contribution >= 0.6 is 0 Å². The van der Waals surface area contributed by atoms with Crippen molar-refractivity contribution in [3.05, 3.63) is 68.3 Å². The number of hydrogen-bond acceptors (Lipinski definition) is 8. The third kappa shape index (κ3) is 5.79. The van der Waals surface area contributed by atoms with Gasteiger partial charge < -0.3 is 9.47 Å². The Labute approximate surface area is 185 Å². The number of nitrogens with zero attached hydrogens (tertiary/aromatic N) is 3. The summed E-state index contributed by atoms with van der Waals surface area (Å²) in [6, 6.07) is 10.9. The Kier molecular flexibility index (Phi) is 7.72. The smallest absolute Gasteiger partial charge is 0.301 e. The van der Waals surface area contributed by atoms with Gasteiger partial charge in [0.1, 0.15) is 11.4 Å². The minimum atomic E-state index is -0.667. The molecule has 0 atom stereocenters. The molecule has 0 spiro atoms. The molecule has 0 amide bonds. The molecule has 0 bridgehead atoms. The Hall–Kier alpha value is -3.53. The van der Waals surface area contributed by atoms with E-state index in [0.717, 1.165) is 43.0 Å². The van der Waals surface area contributed by atoms with Gasteiger partial charge in [-0.25, -0.2) is 0 Å². The predicted molar refractivity (Wildman–Crippen MR) is 120 cm³/mol. The van der Waals surface area contributed by atoms with Crippen molar-refractivity contribution in [1.29, 1.82) is 0 Å². The highest BCUT2D eigenvalue weighted by Crippen LogP contribution is 2.31. The molecule has 3 rings (SSSR count). The van der Waals surface area contributed by atoms with E-state index in [1.54, 1.807) is 14.2 Å². The molecular weight excluding hydrogens is 416 g/mol. The maximum atomic E-state index is 11.4. The second kappa shape index (κ2) is 10.7. The Morgan fingerprint density at radius 1 is 1.03 bits per heavy atom. The van der Waals surface area contributed by atoms with Crippen LogP contribution in [0.15, 0.2) is 47.6 Å². The Bertz CT molecular complexity index is 984. The zero-order chi connectivity index (χ0) is 23.1. The van der Waals surface area contributed by atoms with Gasteiger partial charge in [0.25, 0.3) is 5.69 Å². The fraction of sp³-hybridized carbons (Fsp3) is 0.409. The lowest BCUT2D eigenvalue weighted by atomic mass is 9.83. The topological polar surface area (TPSA) is 129 Å². The van der Waals surface area contributed by atoms with Crippen LogP contribution in [0.25, 0.3) is 0 Å². The molecule has 1 aliphatic rings. The average Bonchev–Trinajstić information content (AvgIpc) is 2.82. The van der Waals surface area contributed by atoms with Crippen LogP contribution in [0.2, 0.25) is 0 Å². The summed E-state index contributed by atoms with van der Waals surface area (Å²) >= 11 is 0. The molecule has 1 N–H and O–H groups in total. The van der Waals surface area contributed by atoms with Gasteiger partial charge in [0, 0.05) is 13.2 Å². The number of rotatable bonds is 9. The number of hydrogen-bond donors (Lipinski definition) is 1. The molecule has 0 heterocycles. The molecule has 1 fully saturated rings. The molecule has 0 saturated heterocycles. The molecule has 0 aromatic heterocycles.